The number of hydrogen-bond acceptors (Lipinski definition) is 3. The maximum Gasteiger partial charge on any atom is 0.271 e. The fourth-order valence-corrected chi connectivity index (χ4v) is 1.87. The maximum absolute atomic E-state index is 12.1. The zero-order chi connectivity index (χ0) is 14.9. The van der Waals surface area contributed by atoms with Crippen molar-refractivity contribution < 1.29 is 9.90 Å². The minimum atomic E-state index is -0.256. The third kappa shape index (κ3) is 4.44. The second-order valence-electron chi connectivity index (χ2n) is 4.35. The highest BCUT2D eigenvalue weighted by atomic mass is 16.2. The van der Waals surface area contributed by atoms with Crippen molar-refractivity contribution in [3.63, 3.8) is 0 Å². The Balaban J connectivity index is 1.97. The smallest absolute Gasteiger partial charge is 0.271 e. The van der Waals surface area contributed by atoms with E-state index in [0.29, 0.717) is 12.1 Å². The molecule has 1 amide bonds. The first-order chi connectivity index (χ1) is 10.3. The highest BCUT2D eigenvalue weighted by molar-refractivity contribution is 5.94. The molecule has 0 aliphatic rings. The zero-order valence-electron chi connectivity index (χ0n) is 11.5. The van der Waals surface area contributed by atoms with E-state index in [1.807, 2.05) is 30.3 Å². The van der Waals surface area contributed by atoms with Crippen molar-refractivity contribution >= 4 is 5.91 Å². The van der Waals surface area contributed by atoms with Crippen molar-refractivity contribution in [1.82, 2.24) is 10.3 Å². The number of pyridine rings is 1. The number of aliphatic hydroxyl groups is 1. The van der Waals surface area contributed by atoms with Crippen LogP contribution in [-0.2, 0) is 6.42 Å². The van der Waals surface area contributed by atoms with Gasteiger partial charge in [0.05, 0.1) is 5.56 Å². The molecule has 21 heavy (non-hydrogen) atoms. The lowest BCUT2D eigenvalue weighted by Crippen LogP contribution is -2.27. The Kier molecular flexibility index (Phi) is 5.50. The summed E-state index contributed by atoms with van der Waals surface area (Å²) in [6.45, 7) is 0.288. The van der Waals surface area contributed by atoms with Crippen LogP contribution in [0, 0.1) is 11.8 Å². The van der Waals surface area contributed by atoms with E-state index in [1.54, 1.807) is 18.3 Å². The van der Waals surface area contributed by atoms with Crippen LogP contribution in [0.4, 0.5) is 0 Å². The number of aromatic nitrogens is 1. The second-order valence-corrected chi connectivity index (χ2v) is 4.35. The number of carbonyl (C=O) groups is 1. The third-order valence-electron chi connectivity index (χ3n) is 2.87. The molecule has 0 radical (unpaired) electrons. The fourth-order valence-electron chi connectivity index (χ4n) is 1.87. The van der Waals surface area contributed by atoms with Gasteiger partial charge in [0.2, 0.25) is 0 Å². The van der Waals surface area contributed by atoms with E-state index in [2.05, 4.69) is 22.1 Å². The lowest BCUT2D eigenvalue weighted by molar-refractivity contribution is 0.0949. The molecule has 4 heteroatoms. The van der Waals surface area contributed by atoms with E-state index >= 15 is 0 Å². The van der Waals surface area contributed by atoms with Crippen LogP contribution in [0.3, 0.4) is 0 Å². The van der Waals surface area contributed by atoms with Crippen LogP contribution in [0.1, 0.15) is 21.6 Å². The molecule has 0 fully saturated rings. The minimum absolute atomic E-state index is 0.246. The lowest BCUT2D eigenvalue weighted by Gasteiger charge is -2.06. The molecule has 0 aliphatic carbocycles. The molecule has 1 heterocycles. The molecule has 0 bridgehead atoms. The monoisotopic (exact) mass is 280 g/mol. The van der Waals surface area contributed by atoms with Crippen LogP contribution < -0.4 is 5.32 Å². The topological polar surface area (TPSA) is 62.2 Å². The molecule has 0 atom stereocenters. The number of nitrogens with zero attached hydrogens (tertiary/aromatic N) is 1. The van der Waals surface area contributed by atoms with Crippen molar-refractivity contribution in [3.05, 3.63) is 65.5 Å². The van der Waals surface area contributed by atoms with Gasteiger partial charge < -0.3 is 10.4 Å². The number of benzene rings is 1. The summed E-state index contributed by atoms with van der Waals surface area (Å²) in [5.74, 6) is 5.00. The number of rotatable bonds is 4. The van der Waals surface area contributed by atoms with E-state index in [9.17, 15) is 4.79 Å². The predicted octanol–water partition coefficient (Wildman–Crippen LogP) is 1.40. The van der Waals surface area contributed by atoms with Crippen molar-refractivity contribution in [2.45, 2.75) is 6.42 Å². The highest BCUT2D eigenvalue weighted by Crippen LogP contribution is 2.04. The number of nitrogens with one attached hydrogen (secondary N) is 1. The number of amides is 1. The van der Waals surface area contributed by atoms with E-state index in [4.69, 9.17) is 5.11 Å². The molecule has 0 saturated heterocycles. The van der Waals surface area contributed by atoms with Crippen molar-refractivity contribution in [2.75, 3.05) is 13.2 Å². The highest BCUT2D eigenvalue weighted by Gasteiger charge is 2.10. The van der Waals surface area contributed by atoms with Gasteiger partial charge in [-0.2, -0.15) is 0 Å². The van der Waals surface area contributed by atoms with Crippen LogP contribution in [0.15, 0.2) is 48.7 Å². The van der Waals surface area contributed by atoms with Gasteiger partial charge in [0.15, 0.2) is 0 Å². The van der Waals surface area contributed by atoms with Crippen LogP contribution in [0.2, 0.25) is 0 Å². The van der Waals surface area contributed by atoms with Crippen LogP contribution in [0.5, 0.6) is 0 Å². The molecular formula is C17H16N2O2. The first kappa shape index (κ1) is 14.8. The van der Waals surface area contributed by atoms with E-state index in [0.717, 1.165) is 6.42 Å². The van der Waals surface area contributed by atoms with Crippen molar-refractivity contribution in [2.24, 2.45) is 0 Å². The molecule has 2 rings (SSSR count). The summed E-state index contributed by atoms with van der Waals surface area (Å²) in [5, 5.41) is 11.6. The molecule has 0 saturated carbocycles. The Morgan fingerprint density at radius 3 is 2.76 bits per heavy atom. The van der Waals surface area contributed by atoms with E-state index in [1.165, 1.54) is 5.56 Å². The SMILES string of the molecule is O=C(NCCc1ccccc1)c1ncccc1C#CCO. The largest absolute Gasteiger partial charge is 0.384 e. The Morgan fingerprint density at radius 2 is 2.00 bits per heavy atom. The van der Waals surface area contributed by atoms with Gasteiger partial charge in [-0.25, -0.2) is 4.98 Å². The summed E-state index contributed by atoms with van der Waals surface area (Å²) in [4.78, 5) is 16.2. The van der Waals surface area contributed by atoms with Gasteiger partial charge >= 0.3 is 0 Å². The van der Waals surface area contributed by atoms with E-state index in [-0.39, 0.29) is 18.2 Å². The molecule has 1 aromatic heterocycles. The first-order valence-electron chi connectivity index (χ1n) is 6.68. The minimum Gasteiger partial charge on any atom is -0.384 e. The van der Waals surface area contributed by atoms with Crippen LogP contribution in [-0.4, -0.2) is 29.1 Å². The average molecular weight is 280 g/mol. The number of carbonyl (C=O) groups excluding carboxylic acids is 1. The van der Waals surface area contributed by atoms with Crippen LogP contribution >= 0.6 is 0 Å². The summed E-state index contributed by atoms with van der Waals surface area (Å²) >= 11 is 0. The Morgan fingerprint density at radius 1 is 1.19 bits per heavy atom. The molecule has 2 aromatic rings. The summed E-state index contributed by atoms with van der Waals surface area (Å²) in [6, 6.07) is 13.4. The predicted molar refractivity (Wildman–Crippen MR) is 80.7 cm³/mol. The van der Waals surface area contributed by atoms with Crippen molar-refractivity contribution in [1.29, 1.82) is 0 Å². The molecule has 2 N–H and O–H groups in total. The molecule has 4 nitrogen and oxygen atoms in total. The van der Waals surface area contributed by atoms with E-state index < -0.39 is 0 Å². The Bertz CT molecular complexity index is 657. The molecular weight excluding hydrogens is 264 g/mol. The summed E-state index contributed by atoms with van der Waals surface area (Å²) in [5.41, 5.74) is 1.97. The van der Waals surface area contributed by atoms with Gasteiger partial charge in [0, 0.05) is 12.7 Å². The standard InChI is InChI=1S/C17H16N2O2/c20-13-5-9-15-8-4-11-18-16(15)17(21)19-12-10-14-6-2-1-3-7-14/h1-4,6-8,11,20H,10,12-13H2,(H,19,21). The van der Waals surface area contributed by atoms with Crippen LogP contribution in [0.25, 0.3) is 0 Å². The fraction of sp³-hybridized carbons (Fsp3) is 0.176. The average Bonchev–Trinajstić information content (AvgIpc) is 2.54. The van der Waals surface area contributed by atoms with Crippen molar-refractivity contribution in [3.8, 4) is 11.8 Å². The normalized spacial score (nSPS) is 9.57. The number of hydrogen-bond donors (Lipinski definition) is 2. The zero-order valence-corrected chi connectivity index (χ0v) is 11.5. The number of aliphatic hydroxyl groups excluding tert-OH is 1. The summed E-state index contributed by atoms with van der Waals surface area (Å²) in [6.07, 6.45) is 2.31. The van der Waals surface area contributed by atoms with Gasteiger partial charge in [-0.1, -0.05) is 42.2 Å². The Hall–Kier alpha value is -2.64. The summed E-state index contributed by atoms with van der Waals surface area (Å²) in [7, 11) is 0. The molecule has 1 aromatic carbocycles. The summed E-state index contributed by atoms with van der Waals surface area (Å²) < 4.78 is 0. The first-order valence-corrected chi connectivity index (χ1v) is 6.68. The molecule has 106 valence electrons. The van der Waals surface area contributed by atoms with Gasteiger partial charge in [0.1, 0.15) is 12.3 Å². The Labute approximate surface area is 123 Å². The van der Waals surface area contributed by atoms with Gasteiger partial charge in [-0.15, -0.1) is 0 Å². The third-order valence-corrected chi connectivity index (χ3v) is 2.87. The molecule has 0 unspecified atom stereocenters. The second kappa shape index (κ2) is 7.83. The van der Waals surface area contributed by atoms with Gasteiger partial charge in [-0.05, 0) is 24.1 Å². The molecule has 0 spiro atoms. The van der Waals surface area contributed by atoms with Gasteiger partial charge in [0.25, 0.3) is 5.91 Å². The lowest BCUT2D eigenvalue weighted by atomic mass is 10.1. The quantitative estimate of drug-likeness (QED) is 0.832. The maximum atomic E-state index is 12.1. The van der Waals surface area contributed by atoms with Gasteiger partial charge in [-0.3, -0.25) is 4.79 Å². The molecule has 0 aliphatic heterocycles.